The van der Waals surface area contributed by atoms with E-state index >= 15 is 0 Å². The molecule has 1 aliphatic carbocycles. The molecule has 172 valence electrons. The molecule has 0 spiro atoms. The summed E-state index contributed by atoms with van der Waals surface area (Å²) in [5, 5.41) is 6.31. The van der Waals surface area contributed by atoms with Gasteiger partial charge in [-0.05, 0) is 42.1 Å². The van der Waals surface area contributed by atoms with Gasteiger partial charge in [0.15, 0.2) is 0 Å². The van der Waals surface area contributed by atoms with Gasteiger partial charge in [-0.25, -0.2) is 8.42 Å². The predicted octanol–water partition coefficient (Wildman–Crippen LogP) is 0.0215. The van der Waals surface area contributed by atoms with Crippen molar-refractivity contribution >= 4 is 27.6 Å². The molecule has 0 radical (unpaired) electrons. The molecule has 2 aromatic rings. The van der Waals surface area contributed by atoms with Crippen LogP contribution in [0.15, 0.2) is 46.3 Å². The number of amides is 1. The summed E-state index contributed by atoms with van der Waals surface area (Å²) in [6, 6.07) is 10.1. The van der Waals surface area contributed by atoms with Gasteiger partial charge in [-0.3, -0.25) is 14.3 Å². The Balaban J connectivity index is 1.74. The van der Waals surface area contributed by atoms with E-state index in [1.165, 1.54) is 0 Å². The van der Waals surface area contributed by atoms with Crippen LogP contribution < -0.4 is 27.1 Å². The fraction of sp³-hybridized carbons (Fsp3) is 0.350. The largest absolute Gasteiger partial charge is 0.390 e. The van der Waals surface area contributed by atoms with Gasteiger partial charge in [0.1, 0.15) is 12.3 Å². The van der Waals surface area contributed by atoms with E-state index in [0.717, 1.165) is 0 Å². The molecule has 1 saturated carbocycles. The maximum absolute atomic E-state index is 12.7. The minimum absolute atomic E-state index is 0.0988. The van der Waals surface area contributed by atoms with Crippen LogP contribution in [0.3, 0.4) is 0 Å². The molecule has 3 rings (SSSR count). The second-order valence-corrected chi connectivity index (χ2v) is 9.55. The highest BCUT2D eigenvalue weighted by atomic mass is 32.2. The highest BCUT2D eigenvalue weighted by Crippen LogP contribution is 2.35. The molecular weight excluding hydrogens is 436 g/mol. The molecule has 0 bridgehead atoms. The lowest BCUT2D eigenvalue weighted by molar-refractivity contribution is -0.121. The molecule has 0 saturated heterocycles. The normalized spacial score (nSPS) is 14.3. The molecule has 1 aliphatic rings. The Morgan fingerprint density at radius 3 is 2.56 bits per heavy atom. The van der Waals surface area contributed by atoms with Crippen molar-refractivity contribution in [1.29, 1.82) is 0 Å². The van der Waals surface area contributed by atoms with Crippen molar-refractivity contribution in [1.82, 2.24) is 10.3 Å². The summed E-state index contributed by atoms with van der Waals surface area (Å²) < 4.78 is 27.6. The summed E-state index contributed by atoms with van der Waals surface area (Å²) in [5.41, 5.74) is 10.4. The minimum Gasteiger partial charge on any atom is -0.390 e. The minimum atomic E-state index is -3.88. The topological polar surface area (TPSA) is 182 Å². The van der Waals surface area contributed by atoms with E-state index in [1.54, 1.807) is 43.3 Å². The number of hydrogen-bond donors (Lipinski definition) is 5. The summed E-state index contributed by atoms with van der Waals surface area (Å²) in [6.07, 6.45) is 1.17. The van der Waals surface area contributed by atoms with Gasteiger partial charge < -0.3 is 26.6 Å². The SMILES string of the molecule is Cc1cc(CC(=O)NC2(CON=C(N)N)CC2)c(NS(=O)(=O)Cc2ccccc2)c(=O)[nH]1. The number of nitrogens with two attached hydrogens (primary N) is 2. The second-order valence-electron chi connectivity index (χ2n) is 7.82. The molecule has 32 heavy (non-hydrogen) atoms. The van der Waals surface area contributed by atoms with Gasteiger partial charge in [-0.15, -0.1) is 0 Å². The van der Waals surface area contributed by atoms with Gasteiger partial charge in [0.2, 0.25) is 21.9 Å². The fourth-order valence-electron chi connectivity index (χ4n) is 3.19. The summed E-state index contributed by atoms with van der Waals surface area (Å²) in [4.78, 5) is 32.8. The summed E-state index contributed by atoms with van der Waals surface area (Å²) >= 11 is 0. The van der Waals surface area contributed by atoms with Crippen LogP contribution in [0.5, 0.6) is 0 Å². The van der Waals surface area contributed by atoms with Crippen LogP contribution in [0.25, 0.3) is 0 Å². The zero-order valence-electron chi connectivity index (χ0n) is 17.6. The summed E-state index contributed by atoms with van der Waals surface area (Å²) in [6.45, 7) is 1.75. The van der Waals surface area contributed by atoms with Gasteiger partial charge in [0.25, 0.3) is 5.56 Å². The van der Waals surface area contributed by atoms with Gasteiger partial charge in [-0.2, -0.15) is 0 Å². The maximum Gasteiger partial charge on any atom is 0.272 e. The molecule has 11 nitrogen and oxygen atoms in total. The van der Waals surface area contributed by atoms with Crippen molar-refractivity contribution in [3.05, 3.63) is 63.6 Å². The van der Waals surface area contributed by atoms with Crippen molar-refractivity contribution in [3.8, 4) is 0 Å². The first-order valence-electron chi connectivity index (χ1n) is 9.87. The van der Waals surface area contributed by atoms with Crippen LogP contribution in [0.4, 0.5) is 5.69 Å². The molecule has 0 aliphatic heterocycles. The van der Waals surface area contributed by atoms with Crippen molar-refractivity contribution in [2.24, 2.45) is 16.6 Å². The lowest BCUT2D eigenvalue weighted by atomic mass is 10.1. The van der Waals surface area contributed by atoms with E-state index < -0.39 is 21.1 Å². The molecule has 1 amide bonds. The number of benzene rings is 1. The number of nitrogens with zero attached hydrogens (tertiary/aromatic N) is 1. The molecule has 12 heteroatoms. The van der Waals surface area contributed by atoms with Crippen molar-refractivity contribution in [3.63, 3.8) is 0 Å². The first kappa shape index (κ1) is 23.1. The van der Waals surface area contributed by atoms with Gasteiger partial charge in [0.05, 0.1) is 17.7 Å². The number of oxime groups is 1. The van der Waals surface area contributed by atoms with Crippen molar-refractivity contribution in [2.75, 3.05) is 11.3 Å². The number of aryl methyl sites for hydroxylation is 1. The average molecular weight is 463 g/mol. The van der Waals surface area contributed by atoms with Crippen molar-refractivity contribution in [2.45, 2.75) is 37.5 Å². The fourth-order valence-corrected chi connectivity index (χ4v) is 4.43. The Bertz CT molecular complexity index is 1170. The number of hydrogen-bond acceptors (Lipinski definition) is 6. The number of carbonyl (C=O) groups is 1. The highest BCUT2D eigenvalue weighted by molar-refractivity contribution is 7.91. The molecule has 1 fully saturated rings. The number of sulfonamides is 1. The van der Waals surface area contributed by atoms with E-state index in [9.17, 15) is 18.0 Å². The van der Waals surface area contributed by atoms with Crippen LogP contribution in [0, 0.1) is 6.92 Å². The molecule has 0 atom stereocenters. The Morgan fingerprint density at radius 2 is 1.94 bits per heavy atom. The van der Waals surface area contributed by atoms with Crippen LogP contribution in [-0.2, 0) is 31.8 Å². The highest BCUT2D eigenvalue weighted by Gasteiger charge is 2.45. The van der Waals surface area contributed by atoms with E-state index in [-0.39, 0.29) is 41.9 Å². The number of nitrogens with one attached hydrogen (secondary N) is 3. The first-order valence-corrected chi connectivity index (χ1v) is 11.5. The third-order valence-electron chi connectivity index (χ3n) is 4.83. The molecular formula is C20H26N6O5S. The molecule has 0 unspecified atom stereocenters. The van der Waals surface area contributed by atoms with E-state index in [2.05, 4.69) is 20.2 Å². The standard InChI is InChI=1S/C20H26N6O5S/c1-13-9-15(10-16(27)24-20(7-8-20)12-31-25-19(21)22)17(18(28)23-13)26-32(29,30)11-14-5-3-2-4-6-14/h2-6,9,26H,7-8,10-12H2,1H3,(H,23,28)(H,24,27)(H4,21,22,25). The number of aromatic nitrogens is 1. The second kappa shape index (κ2) is 9.30. The summed E-state index contributed by atoms with van der Waals surface area (Å²) in [7, 11) is -3.88. The van der Waals surface area contributed by atoms with Crippen LogP contribution >= 0.6 is 0 Å². The number of anilines is 1. The third-order valence-corrected chi connectivity index (χ3v) is 6.06. The number of rotatable bonds is 10. The quantitative estimate of drug-likeness (QED) is 0.187. The summed E-state index contributed by atoms with van der Waals surface area (Å²) in [5.74, 6) is -0.916. The molecule has 7 N–H and O–H groups in total. The lowest BCUT2D eigenvalue weighted by Crippen LogP contribution is -2.41. The number of carbonyl (C=O) groups excluding carboxylic acids is 1. The van der Waals surface area contributed by atoms with Crippen LogP contribution in [0.1, 0.15) is 29.7 Å². The average Bonchev–Trinajstić information content (AvgIpc) is 3.43. The van der Waals surface area contributed by atoms with Crippen LogP contribution in [0.2, 0.25) is 0 Å². The lowest BCUT2D eigenvalue weighted by Gasteiger charge is -2.17. The van der Waals surface area contributed by atoms with Gasteiger partial charge in [0, 0.05) is 5.69 Å². The maximum atomic E-state index is 12.7. The van der Waals surface area contributed by atoms with E-state index in [0.29, 0.717) is 24.1 Å². The Kier molecular flexibility index (Phi) is 6.72. The van der Waals surface area contributed by atoms with E-state index in [4.69, 9.17) is 16.3 Å². The molecule has 1 aromatic carbocycles. The van der Waals surface area contributed by atoms with Gasteiger partial charge in [-0.1, -0.05) is 30.3 Å². The zero-order chi connectivity index (χ0) is 23.4. The number of pyridine rings is 1. The Hall–Kier alpha value is -3.54. The molecule has 1 aromatic heterocycles. The zero-order valence-corrected chi connectivity index (χ0v) is 18.4. The number of H-pyrrole nitrogens is 1. The first-order chi connectivity index (χ1) is 15.1. The van der Waals surface area contributed by atoms with Crippen molar-refractivity contribution < 1.29 is 18.0 Å². The number of aromatic amines is 1. The molecule has 1 heterocycles. The predicted molar refractivity (Wildman–Crippen MR) is 120 cm³/mol. The van der Waals surface area contributed by atoms with Gasteiger partial charge >= 0.3 is 0 Å². The van der Waals surface area contributed by atoms with Crippen LogP contribution in [-0.4, -0.2) is 37.4 Å². The number of guanidine groups is 1. The third kappa shape index (κ3) is 6.48. The Labute approximate surface area is 185 Å². The smallest absolute Gasteiger partial charge is 0.272 e. The monoisotopic (exact) mass is 462 g/mol. The van der Waals surface area contributed by atoms with E-state index in [1.807, 2.05) is 0 Å². The Morgan fingerprint density at radius 1 is 1.25 bits per heavy atom.